The van der Waals surface area contributed by atoms with Gasteiger partial charge >= 0.3 is 5.97 Å². The number of hydrogen-bond acceptors (Lipinski definition) is 4. The van der Waals surface area contributed by atoms with Crippen LogP contribution in [0.4, 0.5) is 8.78 Å². The predicted octanol–water partition coefficient (Wildman–Crippen LogP) is 0.727. The molecule has 1 aromatic rings. The van der Waals surface area contributed by atoms with Crippen molar-refractivity contribution < 1.29 is 23.2 Å². The number of aromatic carboxylic acids is 1. The summed E-state index contributed by atoms with van der Waals surface area (Å²) in [6.07, 6.45) is -2.45. The Hall–Kier alpha value is -1.50. The quantitative estimate of drug-likeness (QED) is 0.742. The molecule has 0 aliphatic heterocycles. The van der Waals surface area contributed by atoms with Gasteiger partial charge in [-0.05, 0) is 0 Å². The van der Waals surface area contributed by atoms with Crippen LogP contribution in [0.1, 0.15) is 16.2 Å². The van der Waals surface area contributed by atoms with Crippen molar-refractivity contribution in [3.8, 4) is 0 Å². The van der Waals surface area contributed by atoms with Gasteiger partial charge in [0.1, 0.15) is 0 Å². The van der Waals surface area contributed by atoms with Crippen molar-refractivity contribution in [1.29, 1.82) is 0 Å². The minimum absolute atomic E-state index is 0.0324. The zero-order chi connectivity index (χ0) is 10.6. The number of carboxylic acid groups (broad SMARTS) is 1. The van der Waals surface area contributed by atoms with E-state index in [0.717, 1.165) is 0 Å². The molecule has 7 heteroatoms. The maximum atomic E-state index is 11.7. The van der Waals surface area contributed by atoms with Gasteiger partial charge in [0.25, 0.3) is 6.43 Å². The van der Waals surface area contributed by atoms with Crippen LogP contribution in [-0.4, -0.2) is 29.2 Å². The highest BCUT2D eigenvalue weighted by Gasteiger charge is 2.10. The van der Waals surface area contributed by atoms with E-state index in [4.69, 9.17) is 5.11 Å². The first-order valence-electron chi connectivity index (χ1n) is 3.77. The van der Waals surface area contributed by atoms with E-state index in [1.54, 1.807) is 0 Å². The van der Waals surface area contributed by atoms with Gasteiger partial charge in [-0.3, -0.25) is 0 Å². The number of alkyl halides is 2. The second-order valence-corrected chi connectivity index (χ2v) is 2.51. The Labute approximate surface area is 77.7 Å². The molecule has 0 bridgehead atoms. The lowest BCUT2D eigenvalue weighted by Gasteiger charge is -1.98. The van der Waals surface area contributed by atoms with Gasteiger partial charge in [-0.1, -0.05) is 5.16 Å². The molecule has 0 aromatic carbocycles. The first-order valence-corrected chi connectivity index (χ1v) is 3.77. The van der Waals surface area contributed by atoms with Crippen LogP contribution in [0.5, 0.6) is 0 Å². The molecule has 0 amide bonds. The van der Waals surface area contributed by atoms with E-state index in [1.165, 1.54) is 6.07 Å². The Morgan fingerprint density at radius 1 is 1.71 bits per heavy atom. The lowest BCUT2D eigenvalue weighted by atomic mass is 10.3. The van der Waals surface area contributed by atoms with E-state index in [2.05, 4.69) is 15.0 Å². The molecule has 0 radical (unpaired) electrons. The normalized spacial score (nSPS) is 10.8. The summed E-state index contributed by atoms with van der Waals surface area (Å²) < 4.78 is 27.9. The molecule has 0 atom stereocenters. The summed E-state index contributed by atoms with van der Waals surface area (Å²) in [6.45, 7) is -0.437. The van der Waals surface area contributed by atoms with Crippen LogP contribution < -0.4 is 5.32 Å². The van der Waals surface area contributed by atoms with Crippen LogP contribution in [0.15, 0.2) is 10.6 Å². The third-order valence-corrected chi connectivity index (χ3v) is 1.38. The Morgan fingerprint density at radius 2 is 2.43 bits per heavy atom. The molecule has 2 N–H and O–H groups in total. The molecule has 0 saturated carbocycles. The van der Waals surface area contributed by atoms with E-state index >= 15 is 0 Å². The molecule has 0 unspecified atom stereocenters. The predicted molar refractivity (Wildman–Crippen MR) is 41.2 cm³/mol. The van der Waals surface area contributed by atoms with Gasteiger partial charge in [-0.2, -0.15) is 0 Å². The van der Waals surface area contributed by atoms with Crippen LogP contribution >= 0.6 is 0 Å². The second kappa shape index (κ2) is 4.66. The average molecular weight is 206 g/mol. The molecule has 0 spiro atoms. The molecule has 1 rings (SSSR count). The number of nitrogens with zero attached hydrogens (tertiary/aromatic N) is 1. The standard InChI is InChI=1S/C7H8F2N2O3/c8-6(9)3-10-2-4-1-5(7(12)13)11-14-4/h1,6,10H,2-3H2,(H,12,13). The summed E-state index contributed by atoms with van der Waals surface area (Å²) in [5.74, 6) is -1.00. The van der Waals surface area contributed by atoms with Gasteiger partial charge < -0.3 is 14.9 Å². The fourth-order valence-electron chi connectivity index (χ4n) is 0.802. The molecule has 1 aromatic heterocycles. The highest BCUT2D eigenvalue weighted by Crippen LogP contribution is 2.03. The van der Waals surface area contributed by atoms with Gasteiger partial charge in [0.15, 0.2) is 11.5 Å². The fraction of sp³-hybridized carbons (Fsp3) is 0.429. The second-order valence-electron chi connectivity index (χ2n) is 2.51. The molecular formula is C7H8F2N2O3. The van der Waals surface area contributed by atoms with Crippen LogP contribution in [0.25, 0.3) is 0 Å². The summed E-state index contributed by atoms with van der Waals surface area (Å²) in [7, 11) is 0. The van der Waals surface area contributed by atoms with Crippen molar-refractivity contribution in [2.75, 3.05) is 6.54 Å². The monoisotopic (exact) mass is 206 g/mol. The first kappa shape index (κ1) is 10.6. The van der Waals surface area contributed by atoms with E-state index in [9.17, 15) is 13.6 Å². The SMILES string of the molecule is O=C(O)c1cc(CNCC(F)F)on1. The summed E-state index contributed by atoms with van der Waals surface area (Å²) in [6, 6.07) is 1.18. The van der Waals surface area contributed by atoms with Crippen molar-refractivity contribution in [2.45, 2.75) is 13.0 Å². The molecule has 14 heavy (non-hydrogen) atoms. The number of hydrogen-bond donors (Lipinski definition) is 2. The third-order valence-electron chi connectivity index (χ3n) is 1.38. The maximum absolute atomic E-state index is 11.7. The Balaban J connectivity index is 2.40. The average Bonchev–Trinajstić information content (AvgIpc) is 2.52. The minimum atomic E-state index is -2.45. The van der Waals surface area contributed by atoms with Crippen molar-refractivity contribution in [1.82, 2.24) is 10.5 Å². The van der Waals surface area contributed by atoms with E-state index in [1.807, 2.05) is 0 Å². The molecule has 0 saturated heterocycles. The number of rotatable bonds is 5. The number of nitrogens with one attached hydrogen (secondary N) is 1. The molecule has 5 nitrogen and oxygen atoms in total. The van der Waals surface area contributed by atoms with Crippen molar-refractivity contribution >= 4 is 5.97 Å². The summed E-state index contributed by atoms with van der Waals surface area (Å²) >= 11 is 0. The topological polar surface area (TPSA) is 75.4 Å². The molecule has 0 aliphatic rings. The number of halogens is 2. The Kier molecular flexibility index (Phi) is 3.52. The first-order chi connectivity index (χ1) is 6.59. The minimum Gasteiger partial charge on any atom is -0.476 e. The van der Waals surface area contributed by atoms with Crippen LogP contribution in [0, 0.1) is 0 Å². The molecule has 1 heterocycles. The Bertz CT molecular complexity index is 314. The maximum Gasteiger partial charge on any atom is 0.358 e. The lowest BCUT2D eigenvalue weighted by Crippen LogP contribution is -2.20. The summed E-state index contributed by atoms with van der Waals surface area (Å²) in [4.78, 5) is 10.3. The number of carboxylic acids is 1. The molecular weight excluding hydrogens is 198 g/mol. The van der Waals surface area contributed by atoms with Crippen LogP contribution in [-0.2, 0) is 6.54 Å². The van der Waals surface area contributed by atoms with Gasteiger partial charge in [-0.15, -0.1) is 0 Å². The van der Waals surface area contributed by atoms with Crippen molar-refractivity contribution in [3.63, 3.8) is 0 Å². The fourth-order valence-corrected chi connectivity index (χ4v) is 0.802. The van der Waals surface area contributed by atoms with Crippen LogP contribution in [0.2, 0.25) is 0 Å². The zero-order valence-electron chi connectivity index (χ0n) is 7.04. The van der Waals surface area contributed by atoms with Crippen LogP contribution in [0.3, 0.4) is 0 Å². The summed E-state index contributed by atoms with van der Waals surface area (Å²) in [5, 5.41) is 14.0. The van der Waals surface area contributed by atoms with Gasteiger partial charge in [0, 0.05) is 6.07 Å². The number of carbonyl (C=O) groups is 1. The van der Waals surface area contributed by atoms with E-state index in [0.29, 0.717) is 0 Å². The highest BCUT2D eigenvalue weighted by atomic mass is 19.3. The van der Waals surface area contributed by atoms with Gasteiger partial charge in [-0.25, -0.2) is 13.6 Å². The molecule has 0 fully saturated rings. The largest absolute Gasteiger partial charge is 0.476 e. The Morgan fingerprint density at radius 3 is 2.93 bits per heavy atom. The van der Waals surface area contributed by atoms with E-state index in [-0.39, 0.29) is 18.0 Å². The number of aromatic nitrogens is 1. The molecule has 0 aliphatic carbocycles. The highest BCUT2D eigenvalue weighted by molar-refractivity contribution is 5.85. The van der Waals surface area contributed by atoms with Gasteiger partial charge in [0.2, 0.25) is 0 Å². The lowest BCUT2D eigenvalue weighted by molar-refractivity contribution is 0.0685. The smallest absolute Gasteiger partial charge is 0.358 e. The zero-order valence-corrected chi connectivity index (χ0v) is 7.04. The van der Waals surface area contributed by atoms with Gasteiger partial charge in [0.05, 0.1) is 13.1 Å². The van der Waals surface area contributed by atoms with Crippen molar-refractivity contribution in [3.05, 3.63) is 17.5 Å². The summed E-state index contributed by atoms with van der Waals surface area (Å²) in [5.41, 5.74) is -0.237. The van der Waals surface area contributed by atoms with Crippen molar-refractivity contribution in [2.24, 2.45) is 0 Å². The third kappa shape index (κ3) is 3.09. The molecule has 78 valence electrons. The van der Waals surface area contributed by atoms with E-state index < -0.39 is 18.9 Å².